The number of hydrogen-bond acceptors (Lipinski definition) is 3. The van der Waals surface area contributed by atoms with Crippen LogP contribution in [0, 0.1) is 5.82 Å². The minimum absolute atomic E-state index is 0.0404. The zero-order valence-electron chi connectivity index (χ0n) is 13.6. The molecule has 4 rings (SSSR count). The lowest BCUT2D eigenvalue weighted by molar-refractivity contribution is 0.0223. The number of halogens is 3. The first-order valence-corrected chi connectivity index (χ1v) is 8.01. The minimum atomic E-state index is -2.93. The molecule has 0 bridgehead atoms. The van der Waals surface area contributed by atoms with Crippen LogP contribution in [0.5, 0.6) is 0 Å². The number of anilines is 1. The number of fused-ring (bicyclic) bond motifs is 1. The number of amides is 1. The highest BCUT2D eigenvalue weighted by molar-refractivity contribution is 5.93. The van der Waals surface area contributed by atoms with Crippen LogP contribution >= 0.6 is 0 Å². The monoisotopic (exact) mass is 360 g/mol. The summed E-state index contributed by atoms with van der Waals surface area (Å²) in [7, 11) is 0. The standard InChI is InChI=1S/C18H15F3N4O/c19-13-6-11(5-12(7-13)17(22)26)16-9-18(20,21)10-24(16)14-2-4-25-15(8-14)1-3-23-25/h1-8,16H,9-10H2,(H2,22,26)/t16-/m1/s1. The highest BCUT2D eigenvalue weighted by Crippen LogP contribution is 2.44. The van der Waals surface area contributed by atoms with Crippen molar-refractivity contribution in [1.29, 1.82) is 0 Å². The van der Waals surface area contributed by atoms with Crippen molar-refractivity contribution in [3.63, 3.8) is 0 Å². The molecule has 3 heterocycles. The summed E-state index contributed by atoms with van der Waals surface area (Å²) in [5.41, 5.74) is 6.81. The molecule has 8 heteroatoms. The molecule has 5 nitrogen and oxygen atoms in total. The van der Waals surface area contributed by atoms with Crippen molar-refractivity contribution in [3.05, 3.63) is 65.7 Å². The number of benzene rings is 1. The van der Waals surface area contributed by atoms with Crippen molar-refractivity contribution < 1.29 is 18.0 Å². The highest BCUT2D eigenvalue weighted by atomic mass is 19.3. The van der Waals surface area contributed by atoms with Gasteiger partial charge in [-0.2, -0.15) is 5.10 Å². The maximum atomic E-state index is 14.2. The Morgan fingerprint density at radius 2 is 2.04 bits per heavy atom. The van der Waals surface area contributed by atoms with E-state index in [-0.39, 0.29) is 5.56 Å². The van der Waals surface area contributed by atoms with E-state index in [0.717, 1.165) is 11.6 Å². The number of hydrogen-bond donors (Lipinski definition) is 1. The normalized spacial score (nSPS) is 19.2. The van der Waals surface area contributed by atoms with Crippen LogP contribution in [-0.2, 0) is 0 Å². The predicted octanol–water partition coefficient (Wildman–Crippen LogP) is 3.16. The van der Waals surface area contributed by atoms with Gasteiger partial charge in [0.25, 0.3) is 5.92 Å². The van der Waals surface area contributed by atoms with Gasteiger partial charge in [-0.1, -0.05) is 0 Å². The van der Waals surface area contributed by atoms with Crippen LogP contribution in [-0.4, -0.2) is 28.0 Å². The molecule has 134 valence electrons. The lowest BCUT2D eigenvalue weighted by atomic mass is 10.00. The van der Waals surface area contributed by atoms with Gasteiger partial charge in [-0.25, -0.2) is 17.7 Å². The van der Waals surface area contributed by atoms with Crippen LogP contribution < -0.4 is 10.6 Å². The summed E-state index contributed by atoms with van der Waals surface area (Å²) in [6, 6.07) is 7.97. The van der Waals surface area contributed by atoms with E-state index in [9.17, 15) is 18.0 Å². The van der Waals surface area contributed by atoms with Gasteiger partial charge >= 0.3 is 0 Å². The number of primary amides is 1. The van der Waals surface area contributed by atoms with Crippen molar-refractivity contribution >= 4 is 17.1 Å². The highest BCUT2D eigenvalue weighted by Gasteiger charge is 2.46. The molecule has 0 saturated carbocycles. The van der Waals surface area contributed by atoms with Gasteiger partial charge < -0.3 is 10.6 Å². The molecule has 26 heavy (non-hydrogen) atoms. The third kappa shape index (κ3) is 2.87. The van der Waals surface area contributed by atoms with Crippen molar-refractivity contribution in [2.45, 2.75) is 18.4 Å². The average molecular weight is 360 g/mol. The molecule has 1 aromatic carbocycles. The maximum absolute atomic E-state index is 14.2. The van der Waals surface area contributed by atoms with Gasteiger partial charge in [0.2, 0.25) is 5.91 Å². The van der Waals surface area contributed by atoms with Crippen LogP contribution in [0.1, 0.15) is 28.4 Å². The second-order valence-corrected chi connectivity index (χ2v) is 6.43. The number of rotatable bonds is 3. The molecule has 2 N–H and O–H groups in total. The van der Waals surface area contributed by atoms with E-state index >= 15 is 0 Å². The molecule has 0 unspecified atom stereocenters. The van der Waals surface area contributed by atoms with Gasteiger partial charge in [0.05, 0.1) is 18.1 Å². The van der Waals surface area contributed by atoms with Crippen LogP contribution in [0.4, 0.5) is 18.9 Å². The Bertz CT molecular complexity index is 1000. The SMILES string of the molecule is NC(=O)c1cc(F)cc([C@H]2CC(F)(F)CN2c2ccn3nccc3c2)c1. The van der Waals surface area contributed by atoms with E-state index in [1.807, 2.05) is 0 Å². The Morgan fingerprint density at radius 3 is 2.81 bits per heavy atom. The number of alkyl halides is 2. The number of aromatic nitrogens is 2. The lowest BCUT2D eigenvalue weighted by Crippen LogP contribution is -2.26. The Balaban J connectivity index is 1.79. The van der Waals surface area contributed by atoms with Gasteiger partial charge in [0.15, 0.2) is 0 Å². The molecule has 0 aliphatic carbocycles. The molecular formula is C18H15F3N4O. The van der Waals surface area contributed by atoms with E-state index < -0.39 is 36.7 Å². The molecule has 2 aromatic heterocycles. The fourth-order valence-corrected chi connectivity index (χ4v) is 3.42. The van der Waals surface area contributed by atoms with Gasteiger partial charge in [0.1, 0.15) is 5.82 Å². The van der Waals surface area contributed by atoms with E-state index in [2.05, 4.69) is 5.10 Å². The van der Waals surface area contributed by atoms with Gasteiger partial charge in [-0.3, -0.25) is 4.79 Å². The maximum Gasteiger partial charge on any atom is 0.267 e. The summed E-state index contributed by atoms with van der Waals surface area (Å²) < 4.78 is 43.9. The topological polar surface area (TPSA) is 63.6 Å². The molecule has 1 atom stereocenters. The third-order valence-corrected chi connectivity index (χ3v) is 4.57. The first-order valence-electron chi connectivity index (χ1n) is 8.01. The molecule has 0 spiro atoms. The Labute approximate surface area is 146 Å². The fourth-order valence-electron chi connectivity index (χ4n) is 3.42. The molecular weight excluding hydrogens is 345 g/mol. The number of nitrogens with two attached hydrogens (primary N) is 1. The zero-order valence-corrected chi connectivity index (χ0v) is 13.6. The first-order chi connectivity index (χ1) is 12.3. The van der Waals surface area contributed by atoms with Crippen LogP contribution in [0.25, 0.3) is 5.52 Å². The Kier molecular flexibility index (Phi) is 3.64. The summed E-state index contributed by atoms with van der Waals surface area (Å²) >= 11 is 0. The lowest BCUT2D eigenvalue weighted by Gasteiger charge is -2.26. The van der Waals surface area contributed by atoms with E-state index in [1.54, 1.807) is 35.1 Å². The molecule has 1 fully saturated rings. The third-order valence-electron chi connectivity index (χ3n) is 4.57. The smallest absolute Gasteiger partial charge is 0.267 e. The van der Waals surface area contributed by atoms with Crippen molar-refractivity contribution in [2.75, 3.05) is 11.4 Å². The quantitative estimate of drug-likeness (QED) is 0.780. The molecule has 1 saturated heterocycles. The fraction of sp³-hybridized carbons (Fsp3) is 0.222. The number of nitrogens with zero attached hydrogens (tertiary/aromatic N) is 3. The number of pyridine rings is 1. The molecule has 0 radical (unpaired) electrons. The summed E-state index contributed by atoms with van der Waals surface area (Å²) in [6.45, 7) is -0.496. The minimum Gasteiger partial charge on any atom is -0.366 e. The molecule has 1 aliphatic rings. The first kappa shape index (κ1) is 16.4. The molecule has 1 amide bonds. The second-order valence-electron chi connectivity index (χ2n) is 6.43. The second kappa shape index (κ2) is 5.76. The predicted molar refractivity (Wildman–Crippen MR) is 89.8 cm³/mol. The Hall–Kier alpha value is -3.03. The van der Waals surface area contributed by atoms with Crippen molar-refractivity contribution in [2.24, 2.45) is 5.73 Å². The molecule has 3 aromatic rings. The number of carbonyl (C=O) groups is 1. The van der Waals surface area contributed by atoms with Crippen LogP contribution in [0.3, 0.4) is 0 Å². The summed E-state index contributed by atoms with van der Waals surface area (Å²) in [5, 5.41) is 4.08. The summed E-state index contributed by atoms with van der Waals surface area (Å²) in [4.78, 5) is 12.9. The summed E-state index contributed by atoms with van der Waals surface area (Å²) in [6.07, 6.45) is 2.82. The largest absolute Gasteiger partial charge is 0.366 e. The van der Waals surface area contributed by atoms with E-state index in [1.165, 1.54) is 17.0 Å². The van der Waals surface area contributed by atoms with E-state index in [0.29, 0.717) is 11.3 Å². The van der Waals surface area contributed by atoms with Gasteiger partial charge in [0, 0.05) is 30.1 Å². The van der Waals surface area contributed by atoms with Crippen molar-refractivity contribution in [1.82, 2.24) is 9.61 Å². The van der Waals surface area contributed by atoms with Crippen LogP contribution in [0.15, 0.2) is 48.8 Å². The zero-order chi connectivity index (χ0) is 18.5. The average Bonchev–Trinajstić information content (AvgIpc) is 3.17. The summed E-state index contributed by atoms with van der Waals surface area (Å²) in [5.74, 6) is -4.42. The Morgan fingerprint density at radius 1 is 1.23 bits per heavy atom. The van der Waals surface area contributed by atoms with Crippen LogP contribution in [0.2, 0.25) is 0 Å². The number of carbonyl (C=O) groups excluding carboxylic acids is 1. The van der Waals surface area contributed by atoms with E-state index in [4.69, 9.17) is 5.73 Å². The van der Waals surface area contributed by atoms with Gasteiger partial charge in [-0.05, 0) is 42.0 Å². The van der Waals surface area contributed by atoms with Crippen molar-refractivity contribution in [3.8, 4) is 0 Å². The van der Waals surface area contributed by atoms with Gasteiger partial charge in [-0.15, -0.1) is 0 Å². The molecule has 1 aliphatic heterocycles.